The number of ether oxygens (including phenoxy) is 1. The molecule has 1 aromatic carbocycles. The number of anilines is 1. The van der Waals surface area contributed by atoms with Gasteiger partial charge in [0.25, 0.3) is 15.6 Å². The Balaban J connectivity index is 1.83. The molecule has 0 unspecified atom stereocenters. The zero-order valence-electron chi connectivity index (χ0n) is 16.8. The average molecular weight is 458 g/mol. The van der Waals surface area contributed by atoms with Crippen molar-refractivity contribution in [1.29, 1.82) is 0 Å². The van der Waals surface area contributed by atoms with Crippen molar-refractivity contribution < 1.29 is 21.9 Å². The first-order valence-electron chi connectivity index (χ1n) is 9.21. The van der Waals surface area contributed by atoms with E-state index in [9.17, 15) is 22.0 Å². The molecule has 11 heteroatoms. The first-order chi connectivity index (χ1) is 15.2. The maximum absolute atomic E-state index is 14.1. The summed E-state index contributed by atoms with van der Waals surface area (Å²) in [6, 6.07) is 8.22. The molecule has 0 aliphatic heterocycles. The van der Waals surface area contributed by atoms with E-state index < -0.39 is 26.6 Å². The number of hydrogen-bond acceptors (Lipinski definition) is 6. The highest BCUT2D eigenvalue weighted by Gasteiger charge is 2.23. The van der Waals surface area contributed by atoms with Crippen molar-refractivity contribution in [3.05, 3.63) is 82.5 Å². The number of sulfonamides is 1. The van der Waals surface area contributed by atoms with E-state index in [1.807, 2.05) is 0 Å². The lowest BCUT2D eigenvalue weighted by atomic mass is 10.1. The van der Waals surface area contributed by atoms with Gasteiger partial charge in [0.15, 0.2) is 0 Å². The van der Waals surface area contributed by atoms with E-state index in [4.69, 9.17) is 4.74 Å². The van der Waals surface area contributed by atoms with Crippen LogP contribution in [0.25, 0.3) is 16.8 Å². The van der Waals surface area contributed by atoms with E-state index >= 15 is 0 Å². The molecule has 0 spiro atoms. The van der Waals surface area contributed by atoms with Crippen molar-refractivity contribution in [2.45, 2.75) is 11.8 Å². The lowest BCUT2D eigenvalue weighted by Gasteiger charge is -2.15. The zero-order valence-corrected chi connectivity index (χ0v) is 17.7. The summed E-state index contributed by atoms with van der Waals surface area (Å²) in [6.45, 7) is 1.71. The van der Waals surface area contributed by atoms with Crippen molar-refractivity contribution in [1.82, 2.24) is 14.4 Å². The van der Waals surface area contributed by atoms with Crippen LogP contribution in [0.1, 0.15) is 5.69 Å². The molecule has 0 aliphatic rings. The minimum atomic E-state index is -4.50. The lowest BCUT2D eigenvalue weighted by molar-refractivity contribution is 0.400. The number of aromatic nitrogens is 3. The van der Waals surface area contributed by atoms with E-state index in [2.05, 4.69) is 14.7 Å². The Kier molecular flexibility index (Phi) is 5.35. The van der Waals surface area contributed by atoms with Gasteiger partial charge in [0.1, 0.15) is 27.9 Å². The number of nitrogens with zero attached hydrogens (tertiary/aromatic N) is 3. The summed E-state index contributed by atoms with van der Waals surface area (Å²) in [6.07, 6.45) is 2.85. The second kappa shape index (κ2) is 8.00. The van der Waals surface area contributed by atoms with E-state index in [-0.39, 0.29) is 17.1 Å². The maximum Gasteiger partial charge on any atom is 0.265 e. The van der Waals surface area contributed by atoms with Gasteiger partial charge in [-0.3, -0.25) is 13.9 Å². The summed E-state index contributed by atoms with van der Waals surface area (Å²) in [5.74, 6) is -2.10. The smallest absolute Gasteiger partial charge is 0.265 e. The third-order valence-corrected chi connectivity index (χ3v) is 6.16. The van der Waals surface area contributed by atoms with Crippen LogP contribution >= 0.6 is 0 Å². The van der Waals surface area contributed by atoms with Crippen molar-refractivity contribution in [2.24, 2.45) is 0 Å². The first kappa shape index (κ1) is 21.4. The third-order valence-electron chi connectivity index (χ3n) is 4.78. The van der Waals surface area contributed by atoms with E-state index in [1.54, 1.807) is 19.1 Å². The number of fused-ring (bicyclic) bond motifs is 1. The van der Waals surface area contributed by atoms with Crippen LogP contribution in [0.4, 0.5) is 14.5 Å². The summed E-state index contributed by atoms with van der Waals surface area (Å²) in [4.78, 5) is 19.7. The van der Waals surface area contributed by atoms with Gasteiger partial charge in [-0.1, -0.05) is 0 Å². The molecule has 0 saturated heterocycles. The Hall–Kier alpha value is -3.86. The minimum absolute atomic E-state index is 0.0774. The molecule has 0 fully saturated rings. The van der Waals surface area contributed by atoms with Crippen LogP contribution < -0.4 is 15.0 Å². The molecule has 0 amide bonds. The van der Waals surface area contributed by atoms with Gasteiger partial charge in [0.2, 0.25) is 5.88 Å². The SMILES string of the molecule is COc1ncc(-c2ccc3nccc(=O)n3c2C)cc1NS(=O)(=O)c1cc(F)ccc1F. The van der Waals surface area contributed by atoms with Crippen LogP contribution in [-0.4, -0.2) is 29.9 Å². The van der Waals surface area contributed by atoms with Crippen LogP contribution in [0.2, 0.25) is 0 Å². The fourth-order valence-corrected chi connectivity index (χ4v) is 4.44. The van der Waals surface area contributed by atoms with E-state index in [1.165, 1.54) is 36.0 Å². The third kappa shape index (κ3) is 3.78. The number of benzene rings is 1. The lowest BCUT2D eigenvalue weighted by Crippen LogP contribution is -2.17. The second-order valence-electron chi connectivity index (χ2n) is 6.77. The van der Waals surface area contributed by atoms with Crippen molar-refractivity contribution >= 4 is 21.4 Å². The monoisotopic (exact) mass is 458 g/mol. The number of methoxy groups -OCH3 is 1. The van der Waals surface area contributed by atoms with Gasteiger partial charge in [-0.25, -0.2) is 27.2 Å². The molecule has 0 aliphatic carbocycles. The minimum Gasteiger partial charge on any atom is -0.480 e. The predicted molar refractivity (Wildman–Crippen MR) is 113 cm³/mol. The highest BCUT2D eigenvalue weighted by atomic mass is 32.2. The summed E-state index contributed by atoms with van der Waals surface area (Å²) in [7, 11) is -3.21. The van der Waals surface area contributed by atoms with Gasteiger partial charge in [-0.15, -0.1) is 0 Å². The number of rotatable bonds is 5. The van der Waals surface area contributed by atoms with Crippen molar-refractivity contribution in [3.8, 4) is 17.0 Å². The Labute approximate surface area is 181 Å². The molecular formula is C21H16F2N4O4S. The number of halogens is 2. The molecule has 0 saturated carbocycles. The van der Waals surface area contributed by atoms with Gasteiger partial charge < -0.3 is 4.74 Å². The first-order valence-corrected chi connectivity index (χ1v) is 10.7. The molecule has 0 radical (unpaired) electrons. The summed E-state index contributed by atoms with van der Waals surface area (Å²) in [5, 5.41) is 0. The van der Waals surface area contributed by atoms with Gasteiger partial charge in [0, 0.05) is 35.3 Å². The number of hydrogen-bond donors (Lipinski definition) is 1. The molecular weight excluding hydrogens is 442 g/mol. The summed E-state index contributed by atoms with van der Waals surface area (Å²) in [5.41, 5.74) is 1.67. The average Bonchev–Trinajstić information content (AvgIpc) is 2.75. The van der Waals surface area contributed by atoms with E-state index in [0.717, 1.165) is 12.1 Å². The molecule has 3 heterocycles. The Morgan fingerprint density at radius 2 is 1.84 bits per heavy atom. The normalized spacial score (nSPS) is 11.5. The topological polar surface area (TPSA) is 103 Å². The van der Waals surface area contributed by atoms with Gasteiger partial charge >= 0.3 is 0 Å². The van der Waals surface area contributed by atoms with Crippen LogP contribution in [0, 0.1) is 18.6 Å². The van der Waals surface area contributed by atoms with Crippen molar-refractivity contribution in [3.63, 3.8) is 0 Å². The van der Waals surface area contributed by atoms with Crippen LogP contribution in [0.3, 0.4) is 0 Å². The van der Waals surface area contributed by atoms with Gasteiger partial charge in [0.05, 0.1) is 7.11 Å². The van der Waals surface area contributed by atoms with Crippen molar-refractivity contribution in [2.75, 3.05) is 11.8 Å². The number of nitrogens with one attached hydrogen (secondary N) is 1. The second-order valence-corrected chi connectivity index (χ2v) is 8.42. The Morgan fingerprint density at radius 3 is 2.59 bits per heavy atom. The van der Waals surface area contributed by atoms with Crippen LogP contribution in [0.15, 0.2) is 64.5 Å². The Morgan fingerprint density at radius 1 is 1.06 bits per heavy atom. The molecule has 0 atom stereocenters. The van der Waals surface area contributed by atoms with Crippen LogP contribution in [0.5, 0.6) is 5.88 Å². The quantitative estimate of drug-likeness (QED) is 0.493. The van der Waals surface area contributed by atoms with Crippen LogP contribution in [-0.2, 0) is 10.0 Å². The fourth-order valence-electron chi connectivity index (χ4n) is 3.30. The molecule has 1 N–H and O–H groups in total. The predicted octanol–water partition coefficient (Wildman–Crippen LogP) is 3.15. The molecule has 8 nitrogen and oxygen atoms in total. The molecule has 32 heavy (non-hydrogen) atoms. The van der Waals surface area contributed by atoms with E-state index in [0.29, 0.717) is 28.5 Å². The fraction of sp³-hybridized carbons (Fsp3) is 0.0952. The molecule has 4 rings (SSSR count). The maximum atomic E-state index is 14.1. The number of aryl methyl sites for hydroxylation is 1. The summed E-state index contributed by atoms with van der Waals surface area (Å²) < 4.78 is 61.8. The zero-order chi connectivity index (χ0) is 23.0. The number of pyridine rings is 2. The standard InChI is InChI=1S/C21H16F2N4O4S/c1-12-15(4-6-19-24-8-7-20(28)27(12)19)13-9-17(21(31-2)25-11-13)26-32(29,30)18-10-14(22)3-5-16(18)23/h3-11,26H,1-2H3. The van der Waals surface area contributed by atoms with Gasteiger partial charge in [-0.05, 0) is 43.3 Å². The largest absolute Gasteiger partial charge is 0.480 e. The Bertz CT molecular complexity index is 1520. The summed E-state index contributed by atoms with van der Waals surface area (Å²) >= 11 is 0. The highest BCUT2D eigenvalue weighted by Crippen LogP contribution is 2.32. The molecule has 0 bridgehead atoms. The molecule has 164 valence electrons. The van der Waals surface area contributed by atoms with Gasteiger partial charge in [-0.2, -0.15) is 0 Å². The molecule has 4 aromatic rings. The molecule has 3 aromatic heterocycles. The highest BCUT2D eigenvalue weighted by molar-refractivity contribution is 7.92.